The first-order valence-electron chi connectivity index (χ1n) is 14.8. The lowest BCUT2D eigenvalue weighted by molar-refractivity contribution is -0.201. The van der Waals surface area contributed by atoms with Crippen LogP contribution < -0.4 is 0 Å². The third kappa shape index (κ3) is 4.25. The predicted octanol–water partition coefficient (Wildman–Crippen LogP) is 4.74. The van der Waals surface area contributed by atoms with Gasteiger partial charge in [0.15, 0.2) is 0 Å². The van der Waals surface area contributed by atoms with E-state index in [9.17, 15) is 19.8 Å². The Kier molecular flexibility index (Phi) is 6.76. The van der Waals surface area contributed by atoms with Crippen molar-refractivity contribution < 1.29 is 34.0 Å². The number of cyclic esters (lactones) is 1. The summed E-state index contributed by atoms with van der Waals surface area (Å²) in [5, 5.41) is 21.6. The van der Waals surface area contributed by atoms with E-state index < -0.39 is 28.8 Å². The topological polar surface area (TPSA) is 102 Å². The summed E-state index contributed by atoms with van der Waals surface area (Å²) in [7, 11) is 0. The predicted molar refractivity (Wildman–Crippen MR) is 146 cm³/mol. The number of hydrogen-bond acceptors (Lipinski definition) is 7. The van der Waals surface area contributed by atoms with Gasteiger partial charge in [0.2, 0.25) is 0 Å². The average Bonchev–Trinajstić information content (AvgIpc) is 3.10. The monoisotopic (exact) mass is 544 g/mol. The normalized spacial score (nSPS) is 48.4. The molecular formula is C32H48O7. The van der Waals surface area contributed by atoms with Crippen molar-refractivity contribution in [3.63, 3.8) is 0 Å². The van der Waals surface area contributed by atoms with Crippen LogP contribution in [-0.2, 0) is 23.8 Å². The smallest absolute Gasteiger partial charge is 0.330 e. The number of carbonyl (C=O) groups excluding carboxylic acids is 2. The van der Waals surface area contributed by atoms with Gasteiger partial charge in [-0.3, -0.25) is 4.79 Å². The Labute approximate surface area is 233 Å². The van der Waals surface area contributed by atoms with Gasteiger partial charge in [0.05, 0.1) is 18.3 Å². The molecule has 0 bridgehead atoms. The second-order valence-electron chi connectivity index (χ2n) is 14.8. The van der Waals surface area contributed by atoms with E-state index in [0.29, 0.717) is 19.4 Å². The second kappa shape index (κ2) is 9.15. The molecule has 2 aliphatic heterocycles. The van der Waals surface area contributed by atoms with Crippen molar-refractivity contribution in [1.29, 1.82) is 0 Å². The zero-order valence-corrected chi connectivity index (χ0v) is 25.0. The second-order valence-corrected chi connectivity index (χ2v) is 14.8. The van der Waals surface area contributed by atoms with E-state index >= 15 is 0 Å². The molecule has 5 rings (SSSR count). The molecule has 0 aromatic rings. The van der Waals surface area contributed by atoms with Gasteiger partial charge in [-0.2, -0.15) is 0 Å². The highest BCUT2D eigenvalue weighted by Gasteiger charge is 2.68. The van der Waals surface area contributed by atoms with Gasteiger partial charge in [0, 0.05) is 24.3 Å². The lowest BCUT2D eigenvalue weighted by Gasteiger charge is -2.65. The van der Waals surface area contributed by atoms with Crippen LogP contribution in [-0.4, -0.2) is 58.3 Å². The van der Waals surface area contributed by atoms with Gasteiger partial charge in [0.1, 0.15) is 17.8 Å². The van der Waals surface area contributed by atoms with E-state index in [2.05, 4.69) is 32.9 Å². The maximum atomic E-state index is 12.6. The number of fused-ring (bicyclic) bond motifs is 5. The molecule has 0 aromatic heterocycles. The number of esters is 2. The van der Waals surface area contributed by atoms with Crippen LogP contribution in [0.3, 0.4) is 0 Å². The molecule has 10 atom stereocenters. The molecule has 2 saturated carbocycles. The van der Waals surface area contributed by atoms with Crippen molar-refractivity contribution in [2.75, 3.05) is 6.61 Å². The van der Waals surface area contributed by atoms with E-state index in [4.69, 9.17) is 14.2 Å². The molecule has 3 aliphatic carbocycles. The molecule has 5 aliphatic rings. The number of allylic oxidation sites excluding steroid dienone is 2. The number of aliphatic hydroxyl groups is 2. The Balaban J connectivity index is 1.55. The van der Waals surface area contributed by atoms with E-state index in [1.807, 2.05) is 27.7 Å². The summed E-state index contributed by atoms with van der Waals surface area (Å²) in [6.45, 7) is 16.5. The molecule has 0 spiro atoms. The van der Waals surface area contributed by atoms with Crippen molar-refractivity contribution in [3.05, 3.63) is 23.8 Å². The zero-order chi connectivity index (χ0) is 28.8. The standard InChI is InChI=1S/C32H48O7/c1-18(33)38-25-16-24-28(2,3)39-26(35)12-14-31(24,7)23-11-13-30(6)20(9-10-22(30)32(23,25)8)19-15-21(34)27(36)29(4,5)37-17-19/h10,12,14,19-21,23-25,27,34,36H,9,11,13,15-17H2,1-8H3/t19-,20+,21+,23-,24+,25-,27-,30+,31-,32+/m1/s1. The van der Waals surface area contributed by atoms with Gasteiger partial charge < -0.3 is 24.4 Å². The summed E-state index contributed by atoms with van der Waals surface area (Å²) >= 11 is 0. The molecule has 2 heterocycles. The zero-order valence-electron chi connectivity index (χ0n) is 25.0. The fraction of sp³-hybridized carbons (Fsp3) is 0.812. The highest BCUT2D eigenvalue weighted by atomic mass is 16.6. The van der Waals surface area contributed by atoms with Crippen LogP contribution in [0.5, 0.6) is 0 Å². The van der Waals surface area contributed by atoms with Crippen molar-refractivity contribution in [2.24, 2.45) is 39.9 Å². The van der Waals surface area contributed by atoms with Gasteiger partial charge in [-0.15, -0.1) is 0 Å². The maximum Gasteiger partial charge on any atom is 0.330 e. The van der Waals surface area contributed by atoms with Crippen molar-refractivity contribution in [1.82, 2.24) is 0 Å². The highest BCUT2D eigenvalue weighted by molar-refractivity contribution is 5.83. The fourth-order valence-electron chi connectivity index (χ4n) is 9.95. The van der Waals surface area contributed by atoms with Crippen molar-refractivity contribution in [2.45, 2.75) is 117 Å². The molecule has 0 amide bonds. The largest absolute Gasteiger partial charge is 0.462 e. The Hall–Kier alpha value is -1.70. The minimum Gasteiger partial charge on any atom is -0.462 e. The van der Waals surface area contributed by atoms with E-state index in [1.165, 1.54) is 12.5 Å². The molecule has 2 N–H and O–H groups in total. The maximum absolute atomic E-state index is 12.6. The van der Waals surface area contributed by atoms with Gasteiger partial charge in [-0.05, 0) is 88.4 Å². The van der Waals surface area contributed by atoms with E-state index in [-0.39, 0.29) is 52.5 Å². The fourth-order valence-corrected chi connectivity index (χ4v) is 9.95. The summed E-state index contributed by atoms with van der Waals surface area (Å²) in [6, 6.07) is 0. The van der Waals surface area contributed by atoms with Crippen LogP contribution in [0.2, 0.25) is 0 Å². The van der Waals surface area contributed by atoms with Crippen LogP contribution in [0.1, 0.15) is 87.5 Å². The van der Waals surface area contributed by atoms with E-state index in [0.717, 1.165) is 19.3 Å². The summed E-state index contributed by atoms with van der Waals surface area (Å²) in [5.74, 6) is -0.132. The molecule has 0 unspecified atom stereocenters. The SMILES string of the molecule is CC(=O)O[C@@H]1C[C@H]2C(C)(C)OC(=O)C=C[C@]2(C)[C@H]2CC[C@]3(C)C(=CC[C@H]3[C@H]3COC(C)(C)[C@H](O)[C@@H](O)C3)[C@@]21C. The lowest BCUT2D eigenvalue weighted by Crippen LogP contribution is -2.64. The summed E-state index contributed by atoms with van der Waals surface area (Å²) in [5.41, 5.74) is -1.07. The lowest BCUT2D eigenvalue weighted by atomic mass is 9.40. The minimum atomic E-state index is -0.934. The summed E-state index contributed by atoms with van der Waals surface area (Å²) in [6.07, 6.45) is 7.79. The number of ether oxygens (including phenoxy) is 3. The van der Waals surface area contributed by atoms with Gasteiger partial charge in [-0.1, -0.05) is 38.5 Å². The van der Waals surface area contributed by atoms with Crippen LogP contribution in [0.15, 0.2) is 23.8 Å². The molecule has 39 heavy (non-hydrogen) atoms. The number of rotatable bonds is 2. The molecule has 3 fully saturated rings. The van der Waals surface area contributed by atoms with Gasteiger partial charge in [0.25, 0.3) is 0 Å². The van der Waals surface area contributed by atoms with Crippen LogP contribution in [0, 0.1) is 39.9 Å². The first-order chi connectivity index (χ1) is 18.0. The van der Waals surface area contributed by atoms with E-state index in [1.54, 1.807) is 6.08 Å². The molecule has 218 valence electrons. The molecular weight excluding hydrogens is 496 g/mol. The molecule has 1 saturated heterocycles. The molecule has 0 radical (unpaired) electrons. The Bertz CT molecular complexity index is 1090. The first kappa shape index (κ1) is 28.8. The quantitative estimate of drug-likeness (QED) is 0.382. The minimum absolute atomic E-state index is 0.00796. The number of hydrogen-bond donors (Lipinski definition) is 2. The third-order valence-electron chi connectivity index (χ3n) is 11.8. The first-order valence-corrected chi connectivity index (χ1v) is 14.8. The Morgan fingerprint density at radius 3 is 2.38 bits per heavy atom. The molecule has 7 nitrogen and oxygen atoms in total. The number of aliphatic hydroxyl groups excluding tert-OH is 2. The molecule has 0 aromatic carbocycles. The van der Waals surface area contributed by atoms with Crippen molar-refractivity contribution in [3.8, 4) is 0 Å². The van der Waals surface area contributed by atoms with Crippen LogP contribution >= 0.6 is 0 Å². The van der Waals surface area contributed by atoms with Gasteiger partial charge in [-0.25, -0.2) is 4.79 Å². The Morgan fingerprint density at radius 2 is 1.72 bits per heavy atom. The van der Waals surface area contributed by atoms with Crippen molar-refractivity contribution >= 4 is 11.9 Å². The number of carbonyl (C=O) groups is 2. The van der Waals surface area contributed by atoms with Crippen LogP contribution in [0.25, 0.3) is 0 Å². The van der Waals surface area contributed by atoms with Crippen LogP contribution in [0.4, 0.5) is 0 Å². The highest BCUT2D eigenvalue weighted by Crippen LogP contribution is 2.71. The third-order valence-corrected chi connectivity index (χ3v) is 11.8. The summed E-state index contributed by atoms with van der Waals surface area (Å²) < 4.78 is 18.3. The summed E-state index contributed by atoms with van der Waals surface area (Å²) in [4.78, 5) is 25.1. The van der Waals surface area contributed by atoms with Gasteiger partial charge >= 0.3 is 11.9 Å². The molecule has 7 heteroatoms. The average molecular weight is 545 g/mol. The Morgan fingerprint density at radius 1 is 1.03 bits per heavy atom.